The summed E-state index contributed by atoms with van der Waals surface area (Å²) in [7, 11) is -9.86. The Balaban J connectivity index is 4.18. The lowest BCUT2D eigenvalue weighted by Gasteiger charge is -2.11. The van der Waals surface area contributed by atoms with Crippen LogP contribution >= 0.6 is 31.6 Å². The average molecular weight is 447 g/mol. The molecule has 0 saturated carbocycles. The number of halogens is 1. The van der Waals surface area contributed by atoms with E-state index >= 15 is 0 Å². The zero-order valence-corrected chi connectivity index (χ0v) is 17.4. The SMILES string of the molecule is CC(C)=CCC/C(C)=C/CC/C(Br)=C/COP(=O)(O)OP(=O)(O)O. The molecule has 1 unspecified atom stereocenters. The summed E-state index contributed by atoms with van der Waals surface area (Å²) in [6.45, 7) is 5.90. The number of hydrogen-bond acceptors (Lipinski definition) is 4. The van der Waals surface area contributed by atoms with E-state index < -0.39 is 15.6 Å². The molecule has 0 aromatic rings. The van der Waals surface area contributed by atoms with Crippen molar-refractivity contribution in [1.82, 2.24) is 0 Å². The third-order valence-electron chi connectivity index (χ3n) is 2.72. The molecule has 7 nitrogen and oxygen atoms in total. The predicted octanol–water partition coefficient (Wildman–Crippen LogP) is 4.96. The van der Waals surface area contributed by atoms with Crippen LogP contribution in [0.4, 0.5) is 0 Å². The van der Waals surface area contributed by atoms with Gasteiger partial charge < -0.3 is 14.7 Å². The minimum Gasteiger partial charge on any atom is -0.302 e. The third kappa shape index (κ3) is 15.5. The van der Waals surface area contributed by atoms with E-state index in [1.54, 1.807) is 0 Å². The van der Waals surface area contributed by atoms with Crippen molar-refractivity contribution in [2.45, 2.75) is 46.5 Å². The molecule has 0 saturated heterocycles. The molecule has 140 valence electrons. The molecule has 0 aromatic heterocycles. The quantitative estimate of drug-likeness (QED) is 0.303. The summed E-state index contributed by atoms with van der Waals surface area (Å²) < 4.78 is 30.6. The van der Waals surface area contributed by atoms with Crippen molar-refractivity contribution in [2.75, 3.05) is 6.61 Å². The maximum absolute atomic E-state index is 11.2. The molecule has 3 N–H and O–H groups in total. The van der Waals surface area contributed by atoms with Crippen LogP contribution in [0.2, 0.25) is 0 Å². The summed E-state index contributed by atoms with van der Waals surface area (Å²) in [6, 6.07) is 0. The first kappa shape index (κ1) is 24.0. The Morgan fingerprint density at radius 2 is 1.58 bits per heavy atom. The van der Waals surface area contributed by atoms with Crippen LogP contribution in [0.5, 0.6) is 0 Å². The first-order chi connectivity index (χ1) is 10.9. The van der Waals surface area contributed by atoms with Crippen LogP contribution in [0, 0.1) is 0 Å². The Morgan fingerprint density at radius 1 is 1.00 bits per heavy atom. The van der Waals surface area contributed by atoms with Gasteiger partial charge in [0.2, 0.25) is 0 Å². The van der Waals surface area contributed by atoms with Crippen molar-refractivity contribution < 1.29 is 32.6 Å². The second-order valence-electron chi connectivity index (χ2n) is 5.40. The van der Waals surface area contributed by atoms with Gasteiger partial charge in [-0.3, -0.25) is 4.52 Å². The smallest absolute Gasteiger partial charge is 0.302 e. The normalized spacial score (nSPS) is 16.0. The average Bonchev–Trinajstić information content (AvgIpc) is 2.34. The van der Waals surface area contributed by atoms with E-state index in [1.165, 1.54) is 17.2 Å². The van der Waals surface area contributed by atoms with Gasteiger partial charge in [0, 0.05) is 0 Å². The van der Waals surface area contributed by atoms with Crippen molar-refractivity contribution >= 4 is 31.6 Å². The molecule has 0 aliphatic heterocycles. The van der Waals surface area contributed by atoms with E-state index in [9.17, 15) is 9.13 Å². The lowest BCUT2D eigenvalue weighted by atomic mass is 10.1. The van der Waals surface area contributed by atoms with E-state index in [0.29, 0.717) is 6.42 Å². The van der Waals surface area contributed by atoms with Gasteiger partial charge in [-0.25, -0.2) is 9.13 Å². The predicted molar refractivity (Wildman–Crippen MR) is 97.6 cm³/mol. The van der Waals surface area contributed by atoms with Gasteiger partial charge >= 0.3 is 15.6 Å². The number of allylic oxidation sites excluding steroid dienone is 5. The van der Waals surface area contributed by atoms with Crippen molar-refractivity contribution in [3.63, 3.8) is 0 Å². The molecular weight excluding hydrogens is 422 g/mol. The van der Waals surface area contributed by atoms with Crippen molar-refractivity contribution in [3.05, 3.63) is 33.9 Å². The van der Waals surface area contributed by atoms with Crippen molar-refractivity contribution in [1.29, 1.82) is 0 Å². The molecular formula is C14H25BrO7P2. The molecule has 0 bridgehead atoms. The monoisotopic (exact) mass is 446 g/mol. The maximum atomic E-state index is 11.2. The maximum Gasteiger partial charge on any atom is 0.481 e. The number of phosphoric ester groups is 1. The highest BCUT2D eigenvalue weighted by atomic mass is 79.9. The minimum absolute atomic E-state index is 0.308. The Morgan fingerprint density at radius 3 is 2.12 bits per heavy atom. The van der Waals surface area contributed by atoms with Crippen molar-refractivity contribution in [3.8, 4) is 0 Å². The fourth-order valence-corrected chi connectivity index (χ4v) is 3.52. The molecule has 0 aliphatic carbocycles. The molecule has 0 heterocycles. The minimum atomic E-state index is -5.08. The first-order valence-corrected chi connectivity index (χ1v) is 11.1. The van der Waals surface area contributed by atoms with Gasteiger partial charge in [-0.05, 0) is 57.0 Å². The zero-order chi connectivity index (χ0) is 18.8. The molecule has 0 rings (SSSR count). The Bertz CT molecular complexity index is 574. The first-order valence-electron chi connectivity index (χ1n) is 7.29. The topological polar surface area (TPSA) is 113 Å². The van der Waals surface area contributed by atoms with Gasteiger partial charge in [0.25, 0.3) is 0 Å². The summed E-state index contributed by atoms with van der Waals surface area (Å²) in [5, 5.41) is 0. The highest BCUT2D eigenvalue weighted by Gasteiger charge is 2.31. The molecule has 1 atom stereocenters. The van der Waals surface area contributed by atoms with E-state index in [4.69, 9.17) is 14.7 Å². The molecule has 10 heteroatoms. The summed E-state index contributed by atoms with van der Waals surface area (Å²) in [6.07, 6.45) is 9.31. The van der Waals surface area contributed by atoms with Crippen LogP contribution in [0.1, 0.15) is 46.5 Å². The van der Waals surface area contributed by atoms with Crippen LogP contribution in [0.25, 0.3) is 0 Å². The molecule has 0 spiro atoms. The van der Waals surface area contributed by atoms with Crippen LogP contribution in [0.3, 0.4) is 0 Å². The van der Waals surface area contributed by atoms with E-state index in [2.05, 4.69) is 57.7 Å². The van der Waals surface area contributed by atoms with E-state index in [0.717, 1.165) is 23.7 Å². The molecule has 24 heavy (non-hydrogen) atoms. The Hall–Kier alpha value is -0.0400. The summed E-state index contributed by atoms with van der Waals surface area (Å²) in [4.78, 5) is 26.0. The fraction of sp³-hybridized carbons (Fsp3) is 0.571. The molecule has 0 amide bonds. The van der Waals surface area contributed by atoms with Gasteiger partial charge in [-0.1, -0.05) is 39.2 Å². The Kier molecular flexibility index (Phi) is 11.5. The lowest BCUT2D eigenvalue weighted by molar-refractivity contribution is 0.191. The summed E-state index contributed by atoms with van der Waals surface area (Å²) in [5.41, 5.74) is 2.59. The summed E-state index contributed by atoms with van der Waals surface area (Å²) >= 11 is 3.31. The van der Waals surface area contributed by atoms with Gasteiger partial charge in [0.15, 0.2) is 0 Å². The highest BCUT2D eigenvalue weighted by molar-refractivity contribution is 9.11. The van der Waals surface area contributed by atoms with Crippen LogP contribution in [0.15, 0.2) is 33.9 Å². The van der Waals surface area contributed by atoms with Crippen LogP contribution in [-0.2, 0) is 18.0 Å². The van der Waals surface area contributed by atoms with Gasteiger partial charge in [0.05, 0.1) is 6.61 Å². The fourth-order valence-electron chi connectivity index (χ4n) is 1.63. The molecule has 0 fully saturated rings. The Labute approximate surface area is 151 Å². The number of rotatable bonds is 11. The van der Waals surface area contributed by atoms with E-state index in [-0.39, 0.29) is 6.61 Å². The molecule has 0 radical (unpaired) electrons. The van der Waals surface area contributed by atoms with Gasteiger partial charge in [-0.15, -0.1) is 0 Å². The summed E-state index contributed by atoms with van der Waals surface area (Å²) in [5.74, 6) is 0. The highest BCUT2D eigenvalue weighted by Crippen LogP contribution is 2.57. The van der Waals surface area contributed by atoms with Crippen LogP contribution in [-0.4, -0.2) is 21.3 Å². The zero-order valence-electron chi connectivity index (χ0n) is 14.0. The molecule has 0 aliphatic rings. The van der Waals surface area contributed by atoms with Gasteiger partial charge in [-0.2, -0.15) is 4.31 Å². The van der Waals surface area contributed by atoms with E-state index in [1.807, 2.05) is 0 Å². The number of phosphoric acid groups is 2. The second-order valence-corrected chi connectivity index (χ2v) is 9.25. The van der Waals surface area contributed by atoms with Gasteiger partial charge in [0.1, 0.15) is 0 Å². The second kappa shape index (κ2) is 11.6. The molecule has 0 aromatic carbocycles. The third-order valence-corrected chi connectivity index (χ3v) is 5.59. The van der Waals surface area contributed by atoms with Crippen LogP contribution < -0.4 is 0 Å². The van der Waals surface area contributed by atoms with Crippen molar-refractivity contribution in [2.24, 2.45) is 0 Å². The lowest BCUT2D eigenvalue weighted by Crippen LogP contribution is -1.94. The largest absolute Gasteiger partial charge is 0.481 e. The standard InChI is InChI=1S/C14H25BrO7P2/c1-12(2)6-4-7-13(3)8-5-9-14(15)10-11-21-24(19,20)22-23(16,17)18/h6,8,10H,4-5,7,9,11H2,1-3H3,(H,19,20)(H2,16,17,18)/b13-8+,14-10-. The number of hydrogen-bond donors (Lipinski definition) is 3.